The first kappa shape index (κ1) is 17.7. The van der Waals surface area contributed by atoms with Crippen molar-refractivity contribution in [3.05, 3.63) is 71.8 Å². The van der Waals surface area contributed by atoms with Crippen LogP contribution in [0.15, 0.2) is 60.7 Å². The topological polar surface area (TPSA) is 59.1 Å². The van der Waals surface area contributed by atoms with Gasteiger partial charge < -0.3 is 4.74 Å². The first-order valence-electron chi connectivity index (χ1n) is 9.15. The van der Waals surface area contributed by atoms with Crippen molar-refractivity contribution in [3.63, 3.8) is 0 Å². The van der Waals surface area contributed by atoms with Crippen LogP contribution >= 0.6 is 0 Å². The number of cyclic esters (lactones) is 1. The summed E-state index contributed by atoms with van der Waals surface area (Å²) in [5.74, 6) is -0.726. The number of amides is 2. The normalized spacial score (nSPS) is 25.6. The van der Waals surface area contributed by atoms with E-state index in [1.54, 1.807) is 0 Å². The fraction of sp³-hybridized carbons (Fsp3) is 0.333. The molecule has 2 fully saturated rings. The fourth-order valence-electron chi connectivity index (χ4n) is 3.81. The molecule has 0 saturated carbocycles. The molecule has 0 radical (unpaired) electrons. The number of nitrogens with zero attached hydrogens (tertiary/aromatic N) is 2. The molecule has 2 saturated heterocycles. The molecule has 2 amide bonds. The van der Waals surface area contributed by atoms with Crippen LogP contribution in [-0.4, -0.2) is 41.2 Å². The van der Waals surface area contributed by atoms with Crippen LogP contribution < -0.4 is 0 Å². The van der Waals surface area contributed by atoms with Crippen molar-refractivity contribution in [2.24, 2.45) is 5.92 Å². The van der Waals surface area contributed by atoms with E-state index in [0.29, 0.717) is 13.1 Å². The van der Waals surface area contributed by atoms with Gasteiger partial charge in [0.15, 0.2) is 0 Å². The van der Waals surface area contributed by atoms with Crippen molar-refractivity contribution in [1.82, 2.24) is 9.96 Å². The molecule has 0 aliphatic carbocycles. The standard InChI is InChI=1S/C21H22N2O4/c1-15-18(20(24)22-12-13-26-21(22)25)19(17-10-6-3-7-11-17)23(27-15)14-16-8-4-2-5-9-16/h2-11,15,18-19H,12-14H2,1H3/t15-,18-,19-/m1/s1. The van der Waals surface area contributed by atoms with Gasteiger partial charge in [-0.05, 0) is 18.1 Å². The number of benzene rings is 2. The van der Waals surface area contributed by atoms with Crippen LogP contribution in [0.25, 0.3) is 0 Å². The Morgan fingerprint density at radius 2 is 1.74 bits per heavy atom. The van der Waals surface area contributed by atoms with E-state index < -0.39 is 12.0 Å². The maximum atomic E-state index is 13.2. The Morgan fingerprint density at radius 3 is 2.37 bits per heavy atom. The van der Waals surface area contributed by atoms with Gasteiger partial charge >= 0.3 is 6.09 Å². The second kappa shape index (κ2) is 7.50. The molecule has 3 atom stereocenters. The van der Waals surface area contributed by atoms with E-state index in [1.165, 1.54) is 4.90 Å². The largest absolute Gasteiger partial charge is 0.447 e. The molecule has 0 N–H and O–H groups in total. The number of ether oxygens (including phenoxy) is 1. The second-order valence-electron chi connectivity index (χ2n) is 6.86. The van der Waals surface area contributed by atoms with Gasteiger partial charge in [-0.25, -0.2) is 9.69 Å². The summed E-state index contributed by atoms with van der Waals surface area (Å²) in [6, 6.07) is 19.5. The SMILES string of the molecule is C[C@H]1ON(Cc2ccccc2)[C@H](c2ccccc2)[C@@H]1C(=O)N1CCOC1=O. The van der Waals surface area contributed by atoms with Crippen LogP contribution in [0.3, 0.4) is 0 Å². The minimum atomic E-state index is -0.569. The van der Waals surface area contributed by atoms with Crippen LogP contribution in [0.2, 0.25) is 0 Å². The zero-order valence-electron chi connectivity index (χ0n) is 15.2. The third-order valence-electron chi connectivity index (χ3n) is 5.09. The van der Waals surface area contributed by atoms with Crippen LogP contribution in [0, 0.1) is 5.92 Å². The highest BCUT2D eigenvalue weighted by atomic mass is 16.7. The van der Waals surface area contributed by atoms with Crippen molar-refractivity contribution in [2.45, 2.75) is 25.6 Å². The molecule has 0 spiro atoms. The van der Waals surface area contributed by atoms with E-state index in [1.807, 2.05) is 72.7 Å². The minimum absolute atomic E-state index is 0.241. The number of carbonyl (C=O) groups excluding carboxylic acids is 2. The molecule has 2 aliphatic heterocycles. The van der Waals surface area contributed by atoms with Gasteiger partial charge in [0.2, 0.25) is 5.91 Å². The number of rotatable bonds is 4. The van der Waals surface area contributed by atoms with Gasteiger partial charge in [-0.1, -0.05) is 60.7 Å². The second-order valence-corrected chi connectivity index (χ2v) is 6.86. The summed E-state index contributed by atoms with van der Waals surface area (Å²) in [5.41, 5.74) is 2.09. The van der Waals surface area contributed by atoms with Gasteiger partial charge in [-0.3, -0.25) is 9.63 Å². The summed E-state index contributed by atoms with van der Waals surface area (Å²) in [4.78, 5) is 32.4. The van der Waals surface area contributed by atoms with Crippen molar-refractivity contribution in [2.75, 3.05) is 13.2 Å². The molecule has 27 heavy (non-hydrogen) atoms. The average Bonchev–Trinajstić information content (AvgIpc) is 3.25. The van der Waals surface area contributed by atoms with E-state index >= 15 is 0 Å². The highest BCUT2D eigenvalue weighted by Gasteiger charge is 2.49. The molecular formula is C21H22N2O4. The Kier molecular flexibility index (Phi) is 4.92. The van der Waals surface area contributed by atoms with Crippen LogP contribution in [0.5, 0.6) is 0 Å². The number of hydroxylamine groups is 2. The monoisotopic (exact) mass is 366 g/mol. The first-order valence-corrected chi connectivity index (χ1v) is 9.15. The van der Waals surface area contributed by atoms with E-state index in [9.17, 15) is 9.59 Å². The van der Waals surface area contributed by atoms with Gasteiger partial charge in [0.05, 0.1) is 24.6 Å². The van der Waals surface area contributed by atoms with Crippen molar-refractivity contribution in [1.29, 1.82) is 0 Å². The summed E-state index contributed by atoms with van der Waals surface area (Å²) in [5, 5.41) is 1.86. The molecule has 4 rings (SSSR count). The summed E-state index contributed by atoms with van der Waals surface area (Å²) in [6.07, 6.45) is -0.916. The molecule has 140 valence electrons. The molecule has 2 aliphatic rings. The smallest absolute Gasteiger partial charge is 0.416 e. The first-order chi connectivity index (χ1) is 13.1. The van der Waals surface area contributed by atoms with Gasteiger partial charge in [0.1, 0.15) is 6.61 Å². The number of hydrogen-bond acceptors (Lipinski definition) is 5. The zero-order chi connectivity index (χ0) is 18.8. The van der Waals surface area contributed by atoms with Crippen molar-refractivity contribution >= 4 is 12.0 Å². The Bertz CT molecular complexity index is 811. The number of imide groups is 1. The Hall–Kier alpha value is -2.70. The van der Waals surface area contributed by atoms with Gasteiger partial charge in [-0.2, -0.15) is 5.06 Å². The van der Waals surface area contributed by atoms with Crippen LogP contribution in [-0.2, 0) is 20.9 Å². The lowest BCUT2D eigenvalue weighted by molar-refractivity contribution is -0.166. The van der Waals surface area contributed by atoms with Gasteiger partial charge in [0.25, 0.3) is 0 Å². The average molecular weight is 366 g/mol. The fourth-order valence-corrected chi connectivity index (χ4v) is 3.81. The minimum Gasteiger partial charge on any atom is -0.447 e. The molecule has 6 nitrogen and oxygen atoms in total. The van der Waals surface area contributed by atoms with E-state index in [-0.39, 0.29) is 24.7 Å². The van der Waals surface area contributed by atoms with E-state index in [0.717, 1.165) is 11.1 Å². The lowest BCUT2D eigenvalue weighted by atomic mass is 9.88. The summed E-state index contributed by atoms with van der Waals surface area (Å²) < 4.78 is 4.96. The Balaban J connectivity index is 1.66. The van der Waals surface area contributed by atoms with Gasteiger partial charge in [-0.15, -0.1) is 0 Å². The molecule has 6 heteroatoms. The lowest BCUT2D eigenvalue weighted by Crippen LogP contribution is -2.41. The summed E-state index contributed by atoms with van der Waals surface area (Å²) in [6.45, 7) is 2.97. The molecule has 0 aromatic heterocycles. The summed E-state index contributed by atoms with van der Waals surface area (Å²) in [7, 11) is 0. The third-order valence-corrected chi connectivity index (χ3v) is 5.09. The maximum Gasteiger partial charge on any atom is 0.416 e. The predicted octanol–water partition coefficient (Wildman–Crippen LogP) is 3.16. The predicted molar refractivity (Wildman–Crippen MR) is 98.3 cm³/mol. The van der Waals surface area contributed by atoms with Crippen molar-refractivity contribution < 1.29 is 19.2 Å². The molecule has 2 aromatic rings. The maximum absolute atomic E-state index is 13.2. The van der Waals surface area contributed by atoms with Gasteiger partial charge in [0, 0.05) is 6.54 Å². The highest BCUT2D eigenvalue weighted by Crippen LogP contribution is 2.41. The van der Waals surface area contributed by atoms with Crippen LogP contribution in [0.1, 0.15) is 24.1 Å². The molecule has 2 aromatic carbocycles. The highest BCUT2D eigenvalue weighted by molar-refractivity contribution is 5.95. The van der Waals surface area contributed by atoms with Crippen molar-refractivity contribution in [3.8, 4) is 0 Å². The quantitative estimate of drug-likeness (QED) is 0.832. The number of carbonyl (C=O) groups is 2. The molecule has 0 bridgehead atoms. The lowest BCUT2D eigenvalue weighted by Gasteiger charge is -2.27. The van der Waals surface area contributed by atoms with E-state index in [2.05, 4.69) is 0 Å². The van der Waals surface area contributed by atoms with Crippen LogP contribution in [0.4, 0.5) is 4.79 Å². The molecule has 2 heterocycles. The molecule has 0 unspecified atom stereocenters. The number of hydrogen-bond donors (Lipinski definition) is 0. The zero-order valence-corrected chi connectivity index (χ0v) is 15.2. The third kappa shape index (κ3) is 3.46. The Morgan fingerprint density at radius 1 is 1.07 bits per heavy atom. The molecular weight excluding hydrogens is 344 g/mol. The summed E-state index contributed by atoms with van der Waals surface area (Å²) >= 11 is 0. The Labute approximate surface area is 158 Å². The van der Waals surface area contributed by atoms with E-state index in [4.69, 9.17) is 9.57 Å².